The zero-order chi connectivity index (χ0) is 23.3. The third kappa shape index (κ3) is 4.10. The number of halogens is 4. The molecule has 0 saturated heterocycles. The number of rotatable bonds is 3. The van der Waals surface area contributed by atoms with Crippen LogP contribution >= 0.6 is 11.6 Å². The third-order valence-corrected chi connectivity index (χ3v) is 6.65. The van der Waals surface area contributed by atoms with Crippen LogP contribution in [-0.2, 0) is 16.0 Å². The lowest BCUT2D eigenvalue weighted by atomic mass is 9.98. The standard InChI is InChI=1S/C24H17ClF3NO2S/c1-14-12-16-6-5-8-19(24(26,27)28)23(16)29-22(14)18-13-15(10-11-21(18)32(2,30)31)17-7-3-4-9-20(17)25/h3-13H,1-2H3. The molecule has 0 fully saturated rings. The highest BCUT2D eigenvalue weighted by Gasteiger charge is 2.33. The summed E-state index contributed by atoms with van der Waals surface area (Å²) in [6.07, 6.45) is -3.55. The minimum Gasteiger partial charge on any atom is -0.247 e. The molecule has 1 aromatic heterocycles. The number of fused-ring (bicyclic) bond motifs is 1. The maximum absolute atomic E-state index is 13.6. The maximum atomic E-state index is 13.6. The summed E-state index contributed by atoms with van der Waals surface area (Å²) in [6.45, 7) is 1.69. The van der Waals surface area contributed by atoms with E-state index in [4.69, 9.17) is 11.6 Å². The summed E-state index contributed by atoms with van der Waals surface area (Å²) in [5, 5.41) is 0.789. The second-order valence-electron chi connectivity index (χ2n) is 7.49. The van der Waals surface area contributed by atoms with Crippen molar-refractivity contribution in [1.82, 2.24) is 4.98 Å². The summed E-state index contributed by atoms with van der Waals surface area (Å²) in [5.41, 5.74) is 1.14. The summed E-state index contributed by atoms with van der Waals surface area (Å²) in [6, 6.07) is 17.1. The molecule has 0 saturated carbocycles. The van der Waals surface area contributed by atoms with Gasteiger partial charge in [-0.2, -0.15) is 13.2 Å². The summed E-state index contributed by atoms with van der Waals surface area (Å²) in [5.74, 6) is 0. The van der Waals surface area contributed by atoms with Crippen molar-refractivity contribution in [2.75, 3.05) is 6.26 Å². The Morgan fingerprint density at radius 1 is 0.906 bits per heavy atom. The highest BCUT2D eigenvalue weighted by atomic mass is 35.5. The molecule has 3 aromatic carbocycles. The lowest BCUT2D eigenvalue weighted by Crippen LogP contribution is -2.08. The van der Waals surface area contributed by atoms with Gasteiger partial charge in [-0.25, -0.2) is 13.4 Å². The predicted molar refractivity (Wildman–Crippen MR) is 120 cm³/mol. The van der Waals surface area contributed by atoms with Gasteiger partial charge in [0.25, 0.3) is 0 Å². The first-order valence-electron chi connectivity index (χ1n) is 9.54. The predicted octanol–water partition coefficient (Wildman–Crippen LogP) is 6.95. The molecule has 3 nitrogen and oxygen atoms in total. The third-order valence-electron chi connectivity index (χ3n) is 5.16. The molecule has 0 atom stereocenters. The van der Waals surface area contributed by atoms with Crippen molar-refractivity contribution >= 4 is 32.3 Å². The minimum atomic E-state index is -4.60. The molecule has 0 amide bonds. The number of aryl methyl sites for hydroxylation is 1. The Kier molecular flexibility index (Phi) is 5.51. The normalized spacial score (nSPS) is 12.3. The zero-order valence-corrected chi connectivity index (χ0v) is 18.6. The van der Waals surface area contributed by atoms with E-state index in [2.05, 4.69) is 4.98 Å². The quantitative estimate of drug-likeness (QED) is 0.322. The van der Waals surface area contributed by atoms with Gasteiger partial charge in [0.15, 0.2) is 9.84 Å². The first-order valence-corrected chi connectivity index (χ1v) is 11.8. The average molecular weight is 476 g/mol. The van der Waals surface area contributed by atoms with Crippen LogP contribution in [0.15, 0.2) is 71.6 Å². The van der Waals surface area contributed by atoms with E-state index in [0.29, 0.717) is 27.1 Å². The first-order chi connectivity index (χ1) is 15.0. The molecule has 1 heterocycles. The van der Waals surface area contributed by atoms with Crippen molar-refractivity contribution in [3.05, 3.63) is 82.9 Å². The van der Waals surface area contributed by atoms with E-state index in [9.17, 15) is 21.6 Å². The number of pyridine rings is 1. The summed E-state index contributed by atoms with van der Waals surface area (Å²) in [4.78, 5) is 4.30. The minimum absolute atomic E-state index is 0.0206. The van der Waals surface area contributed by atoms with Crippen molar-refractivity contribution in [3.63, 3.8) is 0 Å². The number of sulfone groups is 1. The van der Waals surface area contributed by atoms with Crippen molar-refractivity contribution in [1.29, 1.82) is 0 Å². The summed E-state index contributed by atoms with van der Waals surface area (Å²) in [7, 11) is -3.69. The van der Waals surface area contributed by atoms with Gasteiger partial charge in [0.1, 0.15) is 0 Å². The molecule has 0 radical (unpaired) electrons. The molecule has 4 rings (SSSR count). The molecule has 0 N–H and O–H groups in total. The molecular weight excluding hydrogens is 459 g/mol. The van der Waals surface area contributed by atoms with Crippen LogP contribution in [0.1, 0.15) is 11.1 Å². The van der Waals surface area contributed by atoms with Gasteiger partial charge in [-0.05, 0) is 48.4 Å². The number of alkyl halides is 3. The van der Waals surface area contributed by atoms with Crippen LogP contribution in [-0.4, -0.2) is 19.7 Å². The molecule has 0 aliphatic carbocycles. The Bertz CT molecular complexity index is 1460. The largest absolute Gasteiger partial charge is 0.418 e. The van der Waals surface area contributed by atoms with Crippen LogP contribution in [0, 0.1) is 6.92 Å². The first kappa shape index (κ1) is 22.3. The fourth-order valence-electron chi connectivity index (χ4n) is 3.71. The lowest BCUT2D eigenvalue weighted by Gasteiger charge is -2.16. The van der Waals surface area contributed by atoms with Gasteiger partial charge in [-0.15, -0.1) is 0 Å². The van der Waals surface area contributed by atoms with Crippen LogP contribution in [0.3, 0.4) is 0 Å². The van der Waals surface area contributed by atoms with Gasteiger partial charge >= 0.3 is 6.18 Å². The Morgan fingerprint density at radius 2 is 1.62 bits per heavy atom. The van der Waals surface area contributed by atoms with E-state index < -0.39 is 21.6 Å². The molecule has 8 heteroatoms. The van der Waals surface area contributed by atoms with Gasteiger partial charge in [0, 0.05) is 27.8 Å². The van der Waals surface area contributed by atoms with Crippen LogP contribution in [0.5, 0.6) is 0 Å². The van der Waals surface area contributed by atoms with E-state index in [-0.39, 0.29) is 21.7 Å². The van der Waals surface area contributed by atoms with Gasteiger partial charge in [-0.1, -0.05) is 48.0 Å². The number of hydrogen-bond donors (Lipinski definition) is 0. The molecule has 4 aromatic rings. The van der Waals surface area contributed by atoms with E-state index in [1.54, 1.807) is 55.5 Å². The highest BCUT2D eigenvalue weighted by molar-refractivity contribution is 7.90. The Balaban J connectivity index is 2.06. The zero-order valence-electron chi connectivity index (χ0n) is 17.0. The monoisotopic (exact) mass is 475 g/mol. The fraction of sp³-hybridized carbons (Fsp3) is 0.125. The second-order valence-corrected chi connectivity index (χ2v) is 9.88. The fourth-order valence-corrected chi connectivity index (χ4v) is 4.82. The molecule has 164 valence electrons. The van der Waals surface area contributed by atoms with Gasteiger partial charge in [0.2, 0.25) is 0 Å². The molecule has 32 heavy (non-hydrogen) atoms. The second kappa shape index (κ2) is 7.90. The van der Waals surface area contributed by atoms with E-state index in [1.807, 2.05) is 0 Å². The van der Waals surface area contributed by atoms with Crippen LogP contribution in [0.4, 0.5) is 13.2 Å². The van der Waals surface area contributed by atoms with Crippen LogP contribution < -0.4 is 0 Å². The van der Waals surface area contributed by atoms with Crippen LogP contribution in [0.25, 0.3) is 33.3 Å². The topological polar surface area (TPSA) is 47.0 Å². The van der Waals surface area contributed by atoms with Crippen molar-refractivity contribution in [3.8, 4) is 22.4 Å². The Morgan fingerprint density at radius 3 is 2.28 bits per heavy atom. The number of para-hydroxylation sites is 1. The maximum Gasteiger partial charge on any atom is 0.418 e. The number of nitrogens with zero attached hydrogens (tertiary/aromatic N) is 1. The Hall–Kier alpha value is -2.90. The number of aromatic nitrogens is 1. The molecule has 0 spiro atoms. The molecule has 0 bridgehead atoms. The van der Waals surface area contributed by atoms with E-state index >= 15 is 0 Å². The van der Waals surface area contributed by atoms with Crippen molar-refractivity contribution in [2.45, 2.75) is 18.0 Å². The summed E-state index contributed by atoms with van der Waals surface area (Å²) < 4.78 is 65.8. The number of benzene rings is 3. The smallest absolute Gasteiger partial charge is 0.247 e. The summed E-state index contributed by atoms with van der Waals surface area (Å²) >= 11 is 6.31. The number of hydrogen-bond acceptors (Lipinski definition) is 3. The van der Waals surface area contributed by atoms with Crippen molar-refractivity contribution in [2.24, 2.45) is 0 Å². The van der Waals surface area contributed by atoms with E-state index in [1.165, 1.54) is 12.1 Å². The van der Waals surface area contributed by atoms with Gasteiger partial charge in [0.05, 0.1) is 21.7 Å². The van der Waals surface area contributed by atoms with Crippen LogP contribution in [0.2, 0.25) is 5.02 Å². The van der Waals surface area contributed by atoms with Gasteiger partial charge in [-0.3, -0.25) is 0 Å². The molecule has 0 aliphatic rings. The van der Waals surface area contributed by atoms with Gasteiger partial charge < -0.3 is 0 Å². The lowest BCUT2D eigenvalue weighted by molar-refractivity contribution is -0.136. The SMILES string of the molecule is Cc1cc2cccc(C(F)(F)F)c2nc1-c1cc(-c2ccccc2Cl)ccc1S(C)(=O)=O. The van der Waals surface area contributed by atoms with E-state index in [0.717, 1.165) is 12.3 Å². The Labute approximate surface area is 188 Å². The van der Waals surface area contributed by atoms with Crippen molar-refractivity contribution < 1.29 is 21.6 Å². The molecular formula is C24H17ClF3NO2S. The highest BCUT2D eigenvalue weighted by Crippen LogP contribution is 2.39. The molecule has 0 unspecified atom stereocenters. The molecule has 0 aliphatic heterocycles. The average Bonchev–Trinajstić information content (AvgIpc) is 2.71.